The number of benzene rings is 1. The van der Waals surface area contributed by atoms with Gasteiger partial charge in [0.15, 0.2) is 5.79 Å². The predicted molar refractivity (Wildman–Crippen MR) is 113 cm³/mol. The fourth-order valence-electron chi connectivity index (χ4n) is 7.03. The topological polar surface area (TPSA) is 47.9 Å². The Hall–Kier alpha value is -1.36. The van der Waals surface area contributed by atoms with Gasteiger partial charge in [0, 0.05) is 17.3 Å². The van der Waals surface area contributed by atoms with Crippen molar-refractivity contribution in [2.75, 3.05) is 7.11 Å². The molecule has 2 bridgehead atoms. The second-order valence-electron chi connectivity index (χ2n) is 10.5. The Morgan fingerprint density at radius 2 is 1.83 bits per heavy atom. The van der Waals surface area contributed by atoms with Crippen LogP contribution in [0.1, 0.15) is 64.2 Å². The van der Waals surface area contributed by atoms with Crippen LogP contribution < -0.4 is 4.74 Å². The van der Waals surface area contributed by atoms with Crippen LogP contribution in [-0.4, -0.2) is 29.7 Å². The lowest BCUT2D eigenvalue weighted by molar-refractivity contribution is -0.382. The molecule has 1 aromatic carbocycles. The van der Waals surface area contributed by atoms with E-state index in [4.69, 9.17) is 14.2 Å². The number of rotatable bonds is 1. The van der Waals surface area contributed by atoms with Gasteiger partial charge in [0.05, 0.1) is 12.7 Å². The molecule has 3 fully saturated rings. The zero-order valence-corrected chi connectivity index (χ0v) is 18.7. The van der Waals surface area contributed by atoms with E-state index in [0.717, 1.165) is 24.2 Å². The van der Waals surface area contributed by atoms with E-state index in [9.17, 15) is 5.11 Å². The second-order valence-corrected chi connectivity index (χ2v) is 10.5. The van der Waals surface area contributed by atoms with Crippen molar-refractivity contribution in [1.82, 2.24) is 0 Å². The molecule has 2 saturated heterocycles. The maximum absolute atomic E-state index is 11.4. The van der Waals surface area contributed by atoms with E-state index in [1.807, 2.05) is 0 Å². The third-order valence-electron chi connectivity index (χ3n) is 9.14. The Bertz CT molecular complexity index is 904. The molecule has 0 aromatic heterocycles. The lowest BCUT2D eigenvalue weighted by Gasteiger charge is -2.59. The van der Waals surface area contributed by atoms with Crippen molar-refractivity contribution in [2.45, 2.75) is 77.5 Å². The summed E-state index contributed by atoms with van der Waals surface area (Å²) in [4.78, 5) is 0. The standard InChI is InChI=1S/C25H34O4/c1-14-17-10-12-23(6)18-11-13-24(23,19(17)8-9-20(14)27-7)29-25(15(18)2)21(26)16(3)22(4,5)28-25/h8-10,12,15-16,18,21,26H,11,13H2,1-7H3/t15-,16-,18+,21+,23+,24-,25-/m0/s1. The van der Waals surface area contributed by atoms with Gasteiger partial charge in [0.1, 0.15) is 17.5 Å². The monoisotopic (exact) mass is 398 g/mol. The van der Waals surface area contributed by atoms with E-state index in [2.05, 4.69) is 65.8 Å². The van der Waals surface area contributed by atoms with Gasteiger partial charge in [-0.25, -0.2) is 0 Å². The molecule has 7 atom stereocenters. The summed E-state index contributed by atoms with van der Waals surface area (Å²) in [6.45, 7) is 12.9. The van der Waals surface area contributed by atoms with Crippen LogP contribution in [0.5, 0.6) is 5.75 Å². The van der Waals surface area contributed by atoms with Crippen molar-refractivity contribution in [3.63, 3.8) is 0 Å². The van der Waals surface area contributed by atoms with E-state index in [1.165, 1.54) is 11.1 Å². The SMILES string of the molecule is COc1ccc2c(c1C)C=C[C@]1(C)[C@@H]3CC[C@]21O[C@@]1(OC(C)(C)[C@@H](C)[C@H]1O)[C@H]3C. The first-order valence-corrected chi connectivity index (χ1v) is 11.0. The quantitative estimate of drug-likeness (QED) is 0.737. The van der Waals surface area contributed by atoms with Gasteiger partial charge in [-0.05, 0) is 62.3 Å². The van der Waals surface area contributed by atoms with E-state index in [0.29, 0.717) is 5.92 Å². The third-order valence-corrected chi connectivity index (χ3v) is 9.14. The Morgan fingerprint density at radius 3 is 2.45 bits per heavy atom. The van der Waals surface area contributed by atoms with Gasteiger partial charge in [0.2, 0.25) is 0 Å². The Labute approximate surface area is 174 Å². The average molecular weight is 399 g/mol. The second kappa shape index (κ2) is 5.66. The van der Waals surface area contributed by atoms with Crippen molar-refractivity contribution in [3.8, 4) is 5.75 Å². The number of aliphatic hydroxyl groups is 1. The average Bonchev–Trinajstić information content (AvgIpc) is 3.00. The Balaban J connectivity index is 1.72. The van der Waals surface area contributed by atoms with Crippen LogP contribution in [0.3, 0.4) is 0 Å². The van der Waals surface area contributed by atoms with E-state index >= 15 is 0 Å². The van der Waals surface area contributed by atoms with E-state index < -0.39 is 23.1 Å². The third kappa shape index (κ3) is 2.06. The first-order chi connectivity index (χ1) is 13.5. The fourth-order valence-corrected chi connectivity index (χ4v) is 7.03. The molecule has 5 rings (SSSR count). The molecule has 4 aliphatic rings. The first-order valence-electron chi connectivity index (χ1n) is 11.0. The number of methoxy groups -OCH3 is 1. The minimum atomic E-state index is -0.972. The Kier molecular flexibility index (Phi) is 3.82. The summed E-state index contributed by atoms with van der Waals surface area (Å²) >= 11 is 0. The molecule has 29 heavy (non-hydrogen) atoms. The molecule has 4 heteroatoms. The van der Waals surface area contributed by atoms with Gasteiger partial charge in [-0.2, -0.15) is 0 Å². The van der Waals surface area contributed by atoms with Gasteiger partial charge in [-0.15, -0.1) is 0 Å². The number of ether oxygens (including phenoxy) is 3. The normalized spacial score (nSPS) is 46.6. The van der Waals surface area contributed by atoms with Crippen LogP contribution >= 0.6 is 0 Å². The Morgan fingerprint density at radius 1 is 1.10 bits per heavy atom. The van der Waals surface area contributed by atoms with Gasteiger partial charge < -0.3 is 19.3 Å². The number of hydrogen-bond acceptors (Lipinski definition) is 4. The molecule has 1 spiro atoms. The summed E-state index contributed by atoms with van der Waals surface area (Å²) in [6, 6.07) is 4.23. The van der Waals surface area contributed by atoms with Crippen molar-refractivity contribution < 1.29 is 19.3 Å². The highest BCUT2D eigenvalue weighted by Crippen LogP contribution is 2.71. The van der Waals surface area contributed by atoms with Crippen molar-refractivity contribution in [3.05, 3.63) is 34.9 Å². The molecule has 158 valence electrons. The molecule has 2 aliphatic carbocycles. The summed E-state index contributed by atoms with van der Waals surface area (Å²) in [5, 5.41) is 11.4. The highest BCUT2D eigenvalue weighted by Gasteiger charge is 2.74. The van der Waals surface area contributed by atoms with Crippen LogP contribution in [0, 0.1) is 30.1 Å². The molecule has 0 unspecified atom stereocenters. The number of fused-ring (bicyclic) bond motifs is 1. The zero-order chi connectivity index (χ0) is 21.0. The summed E-state index contributed by atoms with van der Waals surface area (Å²) in [5.41, 5.74) is 2.49. The summed E-state index contributed by atoms with van der Waals surface area (Å²) in [6.07, 6.45) is 5.98. The predicted octanol–water partition coefficient (Wildman–Crippen LogP) is 4.81. The summed E-state index contributed by atoms with van der Waals surface area (Å²) < 4.78 is 19.4. The first kappa shape index (κ1) is 19.6. The largest absolute Gasteiger partial charge is 0.496 e. The van der Waals surface area contributed by atoms with Crippen LogP contribution in [0.2, 0.25) is 0 Å². The van der Waals surface area contributed by atoms with Gasteiger partial charge in [-0.1, -0.05) is 39.0 Å². The maximum Gasteiger partial charge on any atom is 0.199 e. The smallest absolute Gasteiger partial charge is 0.199 e. The van der Waals surface area contributed by atoms with Crippen LogP contribution in [0.4, 0.5) is 0 Å². The van der Waals surface area contributed by atoms with Crippen LogP contribution in [-0.2, 0) is 15.1 Å². The zero-order valence-electron chi connectivity index (χ0n) is 18.7. The molecule has 1 saturated carbocycles. The van der Waals surface area contributed by atoms with E-state index in [-0.39, 0.29) is 17.3 Å². The fraction of sp³-hybridized carbons (Fsp3) is 0.680. The molecule has 1 N–H and O–H groups in total. The molecular formula is C25H34O4. The number of aliphatic hydroxyl groups excluding tert-OH is 1. The molecule has 0 radical (unpaired) electrons. The van der Waals surface area contributed by atoms with Gasteiger partial charge in [0.25, 0.3) is 0 Å². The molecular weight excluding hydrogens is 364 g/mol. The minimum absolute atomic E-state index is 0.00122. The highest BCUT2D eigenvalue weighted by molar-refractivity contribution is 5.67. The van der Waals surface area contributed by atoms with Crippen molar-refractivity contribution >= 4 is 6.08 Å². The van der Waals surface area contributed by atoms with Crippen LogP contribution in [0.15, 0.2) is 18.2 Å². The van der Waals surface area contributed by atoms with Gasteiger partial charge >= 0.3 is 0 Å². The lowest BCUT2D eigenvalue weighted by atomic mass is 9.57. The van der Waals surface area contributed by atoms with Crippen molar-refractivity contribution in [1.29, 1.82) is 0 Å². The van der Waals surface area contributed by atoms with Crippen LogP contribution in [0.25, 0.3) is 6.08 Å². The molecule has 0 amide bonds. The molecule has 1 aromatic rings. The molecule has 4 nitrogen and oxygen atoms in total. The molecule has 2 aliphatic heterocycles. The summed E-state index contributed by atoms with van der Waals surface area (Å²) in [5.74, 6) is 0.418. The van der Waals surface area contributed by atoms with Crippen molar-refractivity contribution in [2.24, 2.45) is 23.2 Å². The maximum atomic E-state index is 11.4. The minimum Gasteiger partial charge on any atom is -0.496 e. The van der Waals surface area contributed by atoms with Gasteiger partial charge in [-0.3, -0.25) is 0 Å². The number of hydrogen-bond donors (Lipinski definition) is 1. The lowest BCUT2D eigenvalue weighted by Crippen LogP contribution is -2.64. The molecule has 2 heterocycles. The summed E-state index contributed by atoms with van der Waals surface area (Å²) in [7, 11) is 1.72. The van der Waals surface area contributed by atoms with E-state index in [1.54, 1.807) is 7.11 Å². The highest BCUT2D eigenvalue weighted by atomic mass is 16.7.